The van der Waals surface area contributed by atoms with Crippen molar-refractivity contribution in [1.82, 2.24) is 0 Å². The Labute approximate surface area is 84.2 Å². The van der Waals surface area contributed by atoms with Crippen LogP contribution in [0, 0.1) is 5.41 Å². The Hall–Kier alpha value is -1.11. The minimum Gasteiger partial charge on any atom is -0.294 e. The van der Waals surface area contributed by atoms with Crippen LogP contribution in [-0.2, 0) is 4.79 Å². The van der Waals surface area contributed by atoms with Crippen LogP contribution in [0.25, 0.3) is 0 Å². The Morgan fingerprint density at radius 2 is 1.93 bits per heavy atom. The van der Waals surface area contributed by atoms with Crippen molar-refractivity contribution < 1.29 is 4.79 Å². The fourth-order valence-electron chi connectivity index (χ4n) is 2.72. The molecule has 0 radical (unpaired) electrons. The summed E-state index contributed by atoms with van der Waals surface area (Å²) >= 11 is 0. The minimum atomic E-state index is 0.283. The standard InChI is InChI=1S/C13H14O/c1-8-5-10-9(2)13(3-4-13)7-12(14)11(10)6-8/h5-6H,3-4,7H2,1-2H3. The molecule has 0 bridgehead atoms. The molecule has 0 saturated heterocycles. The van der Waals surface area contributed by atoms with Crippen molar-refractivity contribution in [1.29, 1.82) is 0 Å². The second-order valence-corrected chi connectivity index (χ2v) is 4.87. The van der Waals surface area contributed by atoms with Crippen LogP contribution in [0.15, 0.2) is 34.4 Å². The van der Waals surface area contributed by atoms with E-state index >= 15 is 0 Å². The monoisotopic (exact) mass is 186 g/mol. The molecule has 0 N–H and O–H groups in total. The average Bonchev–Trinajstić information content (AvgIpc) is 2.78. The van der Waals surface area contributed by atoms with E-state index < -0.39 is 0 Å². The van der Waals surface area contributed by atoms with Crippen LogP contribution >= 0.6 is 0 Å². The van der Waals surface area contributed by atoms with Crippen LogP contribution in [0.1, 0.15) is 33.1 Å². The van der Waals surface area contributed by atoms with Gasteiger partial charge in [0.25, 0.3) is 0 Å². The summed E-state index contributed by atoms with van der Waals surface area (Å²) in [7, 11) is 0. The number of hydrogen-bond donors (Lipinski definition) is 0. The molecule has 3 aliphatic rings. The third kappa shape index (κ3) is 0.875. The number of carbonyl (C=O) groups excluding carboxylic acids is 1. The second kappa shape index (κ2) is 2.28. The maximum absolute atomic E-state index is 11.9. The molecule has 1 heteroatoms. The predicted molar refractivity (Wildman–Crippen MR) is 55.8 cm³/mol. The van der Waals surface area contributed by atoms with E-state index in [9.17, 15) is 4.79 Å². The van der Waals surface area contributed by atoms with E-state index in [-0.39, 0.29) is 5.41 Å². The fraction of sp³-hybridized carbons (Fsp3) is 0.462. The molecular weight excluding hydrogens is 172 g/mol. The lowest BCUT2D eigenvalue weighted by Crippen LogP contribution is -2.20. The van der Waals surface area contributed by atoms with E-state index in [1.807, 2.05) is 6.08 Å². The number of Topliss-reactive ketones (excluding diaryl/α,β-unsaturated/α-hetero) is 1. The molecule has 0 amide bonds. The van der Waals surface area contributed by atoms with Gasteiger partial charge < -0.3 is 0 Å². The highest BCUT2D eigenvalue weighted by atomic mass is 16.1. The maximum Gasteiger partial charge on any atom is 0.164 e. The van der Waals surface area contributed by atoms with Crippen molar-refractivity contribution in [3.8, 4) is 0 Å². The van der Waals surface area contributed by atoms with E-state index in [0.717, 1.165) is 12.0 Å². The summed E-state index contributed by atoms with van der Waals surface area (Å²) in [5.74, 6) is 0.358. The maximum atomic E-state index is 11.9. The van der Waals surface area contributed by atoms with E-state index in [2.05, 4.69) is 19.9 Å². The zero-order valence-corrected chi connectivity index (χ0v) is 8.68. The fourth-order valence-corrected chi connectivity index (χ4v) is 2.72. The van der Waals surface area contributed by atoms with Gasteiger partial charge in [0, 0.05) is 12.0 Å². The van der Waals surface area contributed by atoms with Gasteiger partial charge in [-0.1, -0.05) is 11.6 Å². The number of rotatable bonds is 0. The van der Waals surface area contributed by atoms with Gasteiger partial charge >= 0.3 is 0 Å². The number of carbonyl (C=O) groups is 1. The zero-order chi connectivity index (χ0) is 9.92. The second-order valence-electron chi connectivity index (χ2n) is 4.87. The zero-order valence-electron chi connectivity index (χ0n) is 8.68. The van der Waals surface area contributed by atoms with Crippen molar-refractivity contribution in [3.05, 3.63) is 34.4 Å². The quantitative estimate of drug-likeness (QED) is 0.568. The molecule has 0 aromatic rings. The Kier molecular flexibility index (Phi) is 1.34. The van der Waals surface area contributed by atoms with Crippen molar-refractivity contribution in [2.75, 3.05) is 0 Å². The number of fused-ring (bicyclic) bond motifs is 1. The Bertz CT molecular complexity index is 428. The smallest absolute Gasteiger partial charge is 0.164 e. The van der Waals surface area contributed by atoms with Gasteiger partial charge in [-0.05, 0) is 49.3 Å². The first kappa shape index (κ1) is 8.22. The lowest BCUT2D eigenvalue weighted by atomic mass is 9.78. The normalized spacial score (nSPS) is 27.7. The van der Waals surface area contributed by atoms with Gasteiger partial charge in [-0.3, -0.25) is 4.79 Å². The largest absolute Gasteiger partial charge is 0.294 e. The first-order valence-corrected chi connectivity index (χ1v) is 5.27. The van der Waals surface area contributed by atoms with Gasteiger partial charge in [0.1, 0.15) is 0 Å². The molecule has 0 unspecified atom stereocenters. The van der Waals surface area contributed by atoms with Crippen LogP contribution in [0.5, 0.6) is 0 Å². The lowest BCUT2D eigenvalue weighted by molar-refractivity contribution is -0.116. The van der Waals surface area contributed by atoms with E-state index in [1.54, 1.807) is 0 Å². The highest BCUT2D eigenvalue weighted by Crippen LogP contribution is 2.59. The molecule has 14 heavy (non-hydrogen) atoms. The summed E-state index contributed by atoms with van der Waals surface area (Å²) in [5, 5.41) is 0. The average molecular weight is 186 g/mol. The molecule has 3 rings (SSSR count). The van der Waals surface area contributed by atoms with Crippen LogP contribution in [0.4, 0.5) is 0 Å². The molecule has 0 heterocycles. The third-order valence-electron chi connectivity index (χ3n) is 3.89. The summed E-state index contributed by atoms with van der Waals surface area (Å²) in [6, 6.07) is 0. The molecule has 0 atom stereocenters. The highest BCUT2D eigenvalue weighted by Gasteiger charge is 2.50. The van der Waals surface area contributed by atoms with Gasteiger partial charge in [-0.15, -0.1) is 0 Å². The van der Waals surface area contributed by atoms with Gasteiger partial charge in [0.15, 0.2) is 5.78 Å². The topological polar surface area (TPSA) is 17.1 Å². The first-order chi connectivity index (χ1) is 6.62. The van der Waals surface area contributed by atoms with Gasteiger partial charge in [0.2, 0.25) is 0 Å². The van der Waals surface area contributed by atoms with Crippen molar-refractivity contribution in [3.63, 3.8) is 0 Å². The molecule has 0 aromatic heterocycles. The molecule has 3 aliphatic carbocycles. The van der Waals surface area contributed by atoms with Crippen molar-refractivity contribution >= 4 is 5.78 Å². The van der Waals surface area contributed by atoms with Gasteiger partial charge in [-0.2, -0.15) is 0 Å². The SMILES string of the molecule is CC1=CC2=C(C)C3(CC3)CC(=O)C2=C1. The van der Waals surface area contributed by atoms with Gasteiger partial charge in [-0.25, -0.2) is 0 Å². The molecule has 0 aromatic carbocycles. The molecular formula is C13H14O. The summed E-state index contributed by atoms with van der Waals surface area (Å²) in [5.41, 5.74) is 5.17. The van der Waals surface area contributed by atoms with Gasteiger partial charge in [0.05, 0.1) is 0 Å². The summed E-state index contributed by atoms with van der Waals surface area (Å²) in [6.45, 7) is 4.27. The summed E-state index contributed by atoms with van der Waals surface area (Å²) in [4.78, 5) is 11.9. The minimum absolute atomic E-state index is 0.283. The van der Waals surface area contributed by atoms with Crippen LogP contribution < -0.4 is 0 Å². The third-order valence-corrected chi connectivity index (χ3v) is 3.89. The number of ketones is 1. The molecule has 0 aliphatic heterocycles. The molecule has 1 saturated carbocycles. The van der Waals surface area contributed by atoms with Crippen molar-refractivity contribution in [2.45, 2.75) is 33.1 Å². The Morgan fingerprint density at radius 1 is 1.21 bits per heavy atom. The molecule has 1 fully saturated rings. The molecule has 72 valence electrons. The first-order valence-electron chi connectivity index (χ1n) is 5.27. The van der Waals surface area contributed by atoms with E-state index in [0.29, 0.717) is 5.78 Å². The summed E-state index contributed by atoms with van der Waals surface area (Å²) < 4.78 is 0. The van der Waals surface area contributed by atoms with E-state index in [1.165, 1.54) is 29.6 Å². The molecule has 1 spiro atoms. The number of hydrogen-bond acceptors (Lipinski definition) is 1. The van der Waals surface area contributed by atoms with Crippen LogP contribution in [-0.4, -0.2) is 5.78 Å². The molecule has 1 nitrogen and oxygen atoms in total. The highest BCUT2D eigenvalue weighted by molar-refractivity contribution is 6.04. The van der Waals surface area contributed by atoms with E-state index in [4.69, 9.17) is 0 Å². The summed E-state index contributed by atoms with van der Waals surface area (Å²) in [6.07, 6.45) is 7.40. The lowest BCUT2D eigenvalue weighted by Gasteiger charge is -2.24. The van der Waals surface area contributed by atoms with Crippen molar-refractivity contribution in [2.24, 2.45) is 5.41 Å². The Balaban J connectivity index is 2.21. The number of allylic oxidation sites excluding steroid dienone is 6. The van der Waals surface area contributed by atoms with Crippen LogP contribution in [0.3, 0.4) is 0 Å². The van der Waals surface area contributed by atoms with Crippen LogP contribution in [0.2, 0.25) is 0 Å². The predicted octanol–water partition coefficient (Wildman–Crippen LogP) is 2.94. The Morgan fingerprint density at radius 3 is 2.57 bits per heavy atom.